The van der Waals surface area contributed by atoms with Gasteiger partial charge in [-0.1, -0.05) is 6.07 Å². The molecule has 0 aliphatic carbocycles. The third-order valence-corrected chi connectivity index (χ3v) is 2.46. The number of nitrogens with one attached hydrogen (secondary N) is 1. The summed E-state index contributed by atoms with van der Waals surface area (Å²) in [6.07, 6.45) is 0.171. The Bertz CT molecular complexity index is 363. The van der Waals surface area contributed by atoms with E-state index >= 15 is 0 Å². The van der Waals surface area contributed by atoms with Crippen molar-refractivity contribution in [2.24, 2.45) is 5.73 Å². The molecule has 90 valence electrons. The smallest absolute Gasteiger partial charge is 0.224 e. The topological polar surface area (TPSA) is 55.1 Å². The zero-order chi connectivity index (χ0) is 11.3. The van der Waals surface area contributed by atoms with Crippen molar-refractivity contribution < 1.29 is 9.18 Å². The SMILES string of the molecule is Cl.NCCNC(=O)Cc1ccc(Br)c(F)c1. The molecular weight excluding hydrogens is 298 g/mol. The molecule has 0 saturated heterocycles. The predicted octanol–water partition coefficient (Wildman–Crippen LogP) is 1.63. The fourth-order valence-corrected chi connectivity index (χ4v) is 1.36. The summed E-state index contributed by atoms with van der Waals surface area (Å²) in [6, 6.07) is 4.63. The minimum Gasteiger partial charge on any atom is -0.355 e. The Labute approximate surface area is 108 Å². The van der Waals surface area contributed by atoms with Gasteiger partial charge in [0, 0.05) is 13.1 Å². The summed E-state index contributed by atoms with van der Waals surface area (Å²) in [5.41, 5.74) is 5.88. The van der Waals surface area contributed by atoms with Crippen LogP contribution in [-0.2, 0) is 11.2 Å². The Hall–Kier alpha value is -0.650. The molecule has 3 N–H and O–H groups in total. The van der Waals surface area contributed by atoms with Gasteiger partial charge in [-0.25, -0.2) is 4.39 Å². The van der Waals surface area contributed by atoms with Gasteiger partial charge in [0.05, 0.1) is 10.9 Å². The van der Waals surface area contributed by atoms with Crippen LogP contribution >= 0.6 is 28.3 Å². The number of carbonyl (C=O) groups excluding carboxylic acids is 1. The molecule has 0 aliphatic rings. The van der Waals surface area contributed by atoms with Gasteiger partial charge < -0.3 is 11.1 Å². The number of benzene rings is 1. The van der Waals surface area contributed by atoms with Crippen molar-refractivity contribution in [3.8, 4) is 0 Å². The average Bonchev–Trinajstić information content (AvgIpc) is 2.20. The third-order valence-electron chi connectivity index (χ3n) is 1.82. The van der Waals surface area contributed by atoms with Crippen molar-refractivity contribution in [2.75, 3.05) is 13.1 Å². The molecule has 0 saturated carbocycles. The van der Waals surface area contributed by atoms with Gasteiger partial charge in [0.1, 0.15) is 5.82 Å². The Balaban J connectivity index is 0.00000225. The standard InChI is InChI=1S/C10H12BrFN2O.ClH/c11-8-2-1-7(5-9(8)12)6-10(15)14-4-3-13;/h1-2,5H,3-4,6,13H2,(H,14,15);1H. The summed E-state index contributed by atoms with van der Waals surface area (Å²) in [5, 5.41) is 2.62. The number of amides is 1. The van der Waals surface area contributed by atoms with E-state index in [0.717, 1.165) is 0 Å². The number of rotatable bonds is 4. The molecule has 0 spiro atoms. The molecule has 1 aromatic carbocycles. The van der Waals surface area contributed by atoms with E-state index in [0.29, 0.717) is 23.1 Å². The van der Waals surface area contributed by atoms with Gasteiger partial charge in [-0.3, -0.25) is 4.79 Å². The van der Waals surface area contributed by atoms with Gasteiger partial charge in [-0.2, -0.15) is 0 Å². The van der Waals surface area contributed by atoms with Crippen LogP contribution < -0.4 is 11.1 Å². The molecule has 0 heterocycles. The highest BCUT2D eigenvalue weighted by molar-refractivity contribution is 9.10. The highest BCUT2D eigenvalue weighted by atomic mass is 79.9. The number of halogens is 3. The number of hydrogen-bond donors (Lipinski definition) is 2. The second-order valence-electron chi connectivity index (χ2n) is 3.06. The zero-order valence-electron chi connectivity index (χ0n) is 8.50. The summed E-state index contributed by atoms with van der Waals surface area (Å²) in [5.74, 6) is -0.513. The second kappa shape index (κ2) is 7.60. The number of nitrogens with two attached hydrogens (primary N) is 1. The molecule has 0 radical (unpaired) electrons. The maximum absolute atomic E-state index is 13.1. The van der Waals surface area contributed by atoms with E-state index in [4.69, 9.17) is 5.73 Å². The molecule has 0 aromatic heterocycles. The first-order valence-electron chi connectivity index (χ1n) is 4.54. The van der Waals surface area contributed by atoms with Crippen LogP contribution in [0.25, 0.3) is 0 Å². The lowest BCUT2D eigenvalue weighted by Gasteiger charge is -2.04. The Kier molecular flexibility index (Phi) is 7.29. The number of carbonyl (C=O) groups is 1. The molecule has 0 bridgehead atoms. The van der Waals surface area contributed by atoms with E-state index in [1.807, 2.05) is 0 Å². The molecule has 3 nitrogen and oxygen atoms in total. The molecule has 1 rings (SSSR count). The molecular formula is C10H13BrClFN2O. The Morgan fingerprint density at radius 1 is 1.50 bits per heavy atom. The largest absolute Gasteiger partial charge is 0.355 e. The van der Waals surface area contributed by atoms with Crippen LogP contribution in [0.3, 0.4) is 0 Å². The lowest BCUT2D eigenvalue weighted by Crippen LogP contribution is -2.30. The average molecular weight is 312 g/mol. The van der Waals surface area contributed by atoms with Crippen molar-refractivity contribution in [3.05, 3.63) is 34.1 Å². The molecule has 1 aromatic rings. The minimum atomic E-state index is -0.362. The van der Waals surface area contributed by atoms with Gasteiger partial charge in [0.15, 0.2) is 0 Å². The van der Waals surface area contributed by atoms with E-state index < -0.39 is 0 Å². The Morgan fingerprint density at radius 2 is 2.19 bits per heavy atom. The first kappa shape index (κ1) is 15.3. The van der Waals surface area contributed by atoms with E-state index in [1.165, 1.54) is 6.07 Å². The van der Waals surface area contributed by atoms with Gasteiger partial charge in [0.2, 0.25) is 5.91 Å². The second-order valence-corrected chi connectivity index (χ2v) is 3.92. The number of hydrogen-bond acceptors (Lipinski definition) is 2. The zero-order valence-corrected chi connectivity index (χ0v) is 10.9. The van der Waals surface area contributed by atoms with Gasteiger partial charge in [-0.05, 0) is 33.6 Å². The summed E-state index contributed by atoms with van der Waals surface area (Å²) in [7, 11) is 0. The van der Waals surface area contributed by atoms with Crippen LogP contribution in [-0.4, -0.2) is 19.0 Å². The lowest BCUT2D eigenvalue weighted by molar-refractivity contribution is -0.120. The molecule has 1 amide bonds. The quantitative estimate of drug-likeness (QED) is 0.888. The molecule has 0 fully saturated rings. The third kappa shape index (κ3) is 4.92. The Morgan fingerprint density at radius 3 is 2.75 bits per heavy atom. The molecule has 16 heavy (non-hydrogen) atoms. The summed E-state index contributed by atoms with van der Waals surface area (Å²) >= 11 is 3.05. The molecule has 0 unspecified atom stereocenters. The van der Waals surface area contributed by atoms with Crippen molar-refractivity contribution in [3.63, 3.8) is 0 Å². The summed E-state index contributed by atoms with van der Waals surface area (Å²) < 4.78 is 13.5. The van der Waals surface area contributed by atoms with E-state index in [-0.39, 0.29) is 30.6 Å². The normalized spacial score (nSPS) is 9.44. The van der Waals surface area contributed by atoms with E-state index in [1.54, 1.807) is 12.1 Å². The highest BCUT2D eigenvalue weighted by Crippen LogP contribution is 2.16. The summed E-state index contributed by atoms with van der Waals surface area (Å²) in [4.78, 5) is 11.3. The van der Waals surface area contributed by atoms with E-state index in [9.17, 15) is 9.18 Å². The van der Waals surface area contributed by atoms with Crippen LogP contribution in [0.5, 0.6) is 0 Å². The van der Waals surface area contributed by atoms with Crippen molar-refractivity contribution >= 4 is 34.2 Å². The highest BCUT2D eigenvalue weighted by Gasteiger charge is 2.05. The van der Waals surface area contributed by atoms with Gasteiger partial charge in [-0.15, -0.1) is 12.4 Å². The minimum absolute atomic E-state index is 0. The van der Waals surface area contributed by atoms with E-state index in [2.05, 4.69) is 21.2 Å². The molecule has 0 atom stereocenters. The van der Waals surface area contributed by atoms with Gasteiger partial charge >= 0.3 is 0 Å². The monoisotopic (exact) mass is 310 g/mol. The van der Waals surface area contributed by atoms with Crippen molar-refractivity contribution in [1.29, 1.82) is 0 Å². The van der Waals surface area contributed by atoms with Gasteiger partial charge in [0.25, 0.3) is 0 Å². The van der Waals surface area contributed by atoms with Crippen molar-refractivity contribution in [1.82, 2.24) is 5.32 Å². The molecule has 6 heteroatoms. The first-order chi connectivity index (χ1) is 7.13. The van der Waals surface area contributed by atoms with Crippen LogP contribution in [0.1, 0.15) is 5.56 Å². The maximum atomic E-state index is 13.1. The maximum Gasteiger partial charge on any atom is 0.224 e. The first-order valence-corrected chi connectivity index (χ1v) is 5.33. The van der Waals surface area contributed by atoms with Crippen LogP contribution in [0.2, 0.25) is 0 Å². The lowest BCUT2D eigenvalue weighted by atomic mass is 10.1. The fourth-order valence-electron chi connectivity index (χ4n) is 1.11. The van der Waals surface area contributed by atoms with Crippen LogP contribution in [0.15, 0.2) is 22.7 Å². The summed E-state index contributed by atoms with van der Waals surface area (Å²) in [6.45, 7) is 0.846. The molecule has 0 aliphatic heterocycles. The predicted molar refractivity (Wildman–Crippen MR) is 67.1 cm³/mol. The van der Waals surface area contributed by atoms with Crippen LogP contribution in [0.4, 0.5) is 4.39 Å². The van der Waals surface area contributed by atoms with Crippen molar-refractivity contribution in [2.45, 2.75) is 6.42 Å². The fraction of sp³-hybridized carbons (Fsp3) is 0.300. The van der Waals surface area contributed by atoms with Crippen LogP contribution in [0, 0.1) is 5.82 Å².